The smallest absolute Gasteiger partial charge is 0.335 e. The maximum Gasteiger partial charge on any atom is 0.335 e. The number of carboxylic acid groups (broad SMARTS) is 1. The molecule has 0 spiro atoms. The van der Waals surface area contributed by atoms with Crippen molar-refractivity contribution in [3.05, 3.63) is 48.0 Å². The molecule has 19 heavy (non-hydrogen) atoms. The highest BCUT2D eigenvalue weighted by atomic mass is 32.2. The third-order valence-corrected chi connectivity index (χ3v) is 4.17. The lowest BCUT2D eigenvalue weighted by molar-refractivity contribution is 0.0697. The van der Waals surface area contributed by atoms with Crippen LogP contribution in [0.15, 0.2) is 41.6 Å². The molecule has 1 atom stereocenters. The number of aromatic carboxylic acids is 1. The number of aromatic nitrogens is 2. The molecule has 0 aliphatic rings. The highest BCUT2D eigenvalue weighted by molar-refractivity contribution is 7.85. The van der Waals surface area contributed by atoms with Gasteiger partial charge in [-0.25, -0.2) is 9.78 Å². The van der Waals surface area contributed by atoms with Gasteiger partial charge in [-0.15, -0.1) is 0 Å². The van der Waals surface area contributed by atoms with Crippen LogP contribution in [0.2, 0.25) is 0 Å². The Morgan fingerprint density at radius 2 is 2.05 bits per heavy atom. The number of rotatable bonds is 5. The molecule has 0 saturated heterocycles. The molecule has 1 unspecified atom stereocenters. The van der Waals surface area contributed by atoms with Crippen molar-refractivity contribution >= 4 is 16.8 Å². The second-order valence-corrected chi connectivity index (χ2v) is 5.65. The van der Waals surface area contributed by atoms with E-state index in [2.05, 4.69) is 4.98 Å². The van der Waals surface area contributed by atoms with Crippen molar-refractivity contribution in [3.63, 3.8) is 0 Å². The van der Waals surface area contributed by atoms with E-state index >= 15 is 0 Å². The summed E-state index contributed by atoms with van der Waals surface area (Å²) in [7, 11) is 0.752. The fraction of sp³-hybridized carbons (Fsp3) is 0.231. The highest BCUT2D eigenvalue weighted by Crippen LogP contribution is 2.10. The van der Waals surface area contributed by atoms with Crippen molar-refractivity contribution in [2.45, 2.75) is 11.3 Å². The topological polar surface area (TPSA) is 72.2 Å². The molecular formula is C13H14N2O3S. The Bertz CT molecular complexity index is 605. The molecule has 0 saturated carbocycles. The summed E-state index contributed by atoms with van der Waals surface area (Å²) in [5, 5.41) is 8.79. The zero-order valence-electron chi connectivity index (χ0n) is 10.4. The summed E-state index contributed by atoms with van der Waals surface area (Å²) >= 11 is 0. The van der Waals surface area contributed by atoms with Gasteiger partial charge in [0.05, 0.1) is 16.4 Å². The Kier molecular flexibility index (Phi) is 4.11. The van der Waals surface area contributed by atoms with Crippen LogP contribution in [0.3, 0.4) is 0 Å². The summed E-state index contributed by atoms with van der Waals surface area (Å²) in [4.78, 5) is 15.5. The molecule has 0 amide bonds. The first-order valence-electron chi connectivity index (χ1n) is 5.76. The van der Waals surface area contributed by atoms with Crippen LogP contribution in [0.4, 0.5) is 0 Å². The average Bonchev–Trinajstić information content (AvgIpc) is 2.81. The third-order valence-electron chi connectivity index (χ3n) is 2.80. The maximum absolute atomic E-state index is 12.1. The molecule has 2 rings (SSSR count). The first kappa shape index (κ1) is 13.5. The maximum atomic E-state index is 12.1. The number of carbonyl (C=O) groups is 1. The van der Waals surface area contributed by atoms with Gasteiger partial charge in [0.2, 0.25) is 0 Å². The summed E-state index contributed by atoms with van der Waals surface area (Å²) in [6.07, 6.45) is 4.18. The molecule has 0 aliphatic carbocycles. The highest BCUT2D eigenvalue weighted by Gasteiger charge is 2.08. The van der Waals surface area contributed by atoms with E-state index < -0.39 is 16.8 Å². The van der Waals surface area contributed by atoms with Crippen LogP contribution >= 0.6 is 0 Å². The van der Waals surface area contributed by atoms with Gasteiger partial charge in [-0.3, -0.25) is 4.21 Å². The minimum atomic E-state index is -1.14. The zero-order valence-corrected chi connectivity index (χ0v) is 11.3. The number of hydrogen-bond donors (Lipinski definition) is 1. The molecule has 100 valence electrons. The number of nitrogens with zero attached hydrogens (tertiary/aromatic N) is 2. The molecule has 0 radical (unpaired) electrons. The van der Waals surface area contributed by atoms with Gasteiger partial charge in [-0.1, -0.05) is 0 Å². The van der Waals surface area contributed by atoms with Crippen molar-refractivity contribution in [1.29, 1.82) is 0 Å². The molecule has 0 fully saturated rings. The van der Waals surface area contributed by atoms with E-state index in [1.54, 1.807) is 18.3 Å². The molecule has 1 heterocycles. The molecule has 0 bridgehead atoms. The Morgan fingerprint density at radius 3 is 2.58 bits per heavy atom. The van der Waals surface area contributed by atoms with Crippen molar-refractivity contribution in [2.75, 3.05) is 5.75 Å². The van der Waals surface area contributed by atoms with E-state index in [-0.39, 0.29) is 5.56 Å². The number of imidazole rings is 1. The molecular weight excluding hydrogens is 264 g/mol. The summed E-state index contributed by atoms with van der Waals surface area (Å²) in [6.45, 7) is 0. The van der Waals surface area contributed by atoms with Crippen LogP contribution in [-0.4, -0.2) is 30.6 Å². The van der Waals surface area contributed by atoms with Crippen LogP contribution in [0, 0.1) is 0 Å². The molecule has 0 aliphatic heterocycles. The van der Waals surface area contributed by atoms with Crippen molar-refractivity contribution in [2.24, 2.45) is 7.05 Å². The fourth-order valence-electron chi connectivity index (χ4n) is 1.69. The van der Waals surface area contributed by atoms with Gasteiger partial charge in [0, 0.05) is 36.5 Å². The standard InChI is InChI=1S/C13H14N2O3S/c1-15-8-7-14-12(15)6-9-19(18)11-4-2-10(3-5-11)13(16)17/h2-5,7-8H,6,9H2,1H3,(H,16,17). The second kappa shape index (κ2) is 5.79. The number of carboxylic acids is 1. The van der Waals surface area contributed by atoms with Crippen LogP contribution < -0.4 is 0 Å². The van der Waals surface area contributed by atoms with E-state index in [0.29, 0.717) is 17.1 Å². The molecule has 1 aromatic heterocycles. The number of benzene rings is 1. The van der Waals surface area contributed by atoms with Gasteiger partial charge in [0.15, 0.2) is 0 Å². The predicted molar refractivity (Wildman–Crippen MR) is 71.6 cm³/mol. The monoisotopic (exact) mass is 278 g/mol. The number of hydrogen-bond acceptors (Lipinski definition) is 3. The van der Waals surface area contributed by atoms with Gasteiger partial charge in [0.1, 0.15) is 5.82 Å². The third kappa shape index (κ3) is 3.29. The lowest BCUT2D eigenvalue weighted by atomic mass is 10.2. The largest absolute Gasteiger partial charge is 0.478 e. The molecule has 6 heteroatoms. The SMILES string of the molecule is Cn1ccnc1CCS(=O)c1ccc(C(=O)O)cc1. The molecule has 1 N–H and O–H groups in total. The Hall–Kier alpha value is -1.95. The van der Waals surface area contributed by atoms with E-state index in [0.717, 1.165) is 5.82 Å². The van der Waals surface area contributed by atoms with Crippen molar-refractivity contribution in [1.82, 2.24) is 9.55 Å². The summed E-state index contributed by atoms with van der Waals surface area (Å²) in [6, 6.07) is 6.13. The van der Waals surface area contributed by atoms with Gasteiger partial charge in [0.25, 0.3) is 0 Å². The van der Waals surface area contributed by atoms with Gasteiger partial charge in [-0.05, 0) is 24.3 Å². The van der Waals surface area contributed by atoms with Gasteiger partial charge in [-0.2, -0.15) is 0 Å². The van der Waals surface area contributed by atoms with E-state index in [1.165, 1.54) is 12.1 Å². The van der Waals surface area contributed by atoms with Crippen molar-refractivity contribution < 1.29 is 14.1 Å². The van der Waals surface area contributed by atoms with Gasteiger partial charge >= 0.3 is 5.97 Å². The zero-order chi connectivity index (χ0) is 13.8. The normalized spacial score (nSPS) is 12.3. The lowest BCUT2D eigenvalue weighted by Crippen LogP contribution is -2.06. The van der Waals surface area contributed by atoms with Crippen molar-refractivity contribution in [3.8, 4) is 0 Å². The lowest BCUT2D eigenvalue weighted by Gasteiger charge is -2.03. The summed E-state index contributed by atoms with van der Waals surface area (Å²) in [5.41, 5.74) is 0.199. The summed E-state index contributed by atoms with van der Waals surface area (Å²) in [5.74, 6) is 0.373. The second-order valence-electron chi connectivity index (χ2n) is 4.08. The van der Waals surface area contributed by atoms with Crippen LogP contribution in [0.25, 0.3) is 0 Å². The molecule has 1 aromatic carbocycles. The van der Waals surface area contributed by atoms with E-state index in [1.807, 2.05) is 17.8 Å². The van der Waals surface area contributed by atoms with Gasteiger partial charge < -0.3 is 9.67 Å². The average molecular weight is 278 g/mol. The Labute approximate surface area is 113 Å². The first-order chi connectivity index (χ1) is 9.08. The molecule has 5 nitrogen and oxygen atoms in total. The minimum absolute atomic E-state index is 0.199. The quantitative estimate of drug-likeness (QED) is 0.899. The Balaban J connectivity index is 2.00. The van der Waals surface area contributed by atoms with E-state index in [4.69, 9.17) is 5.11 Å². The number of aryl methyl sites for hydroxylation is 2. The van der Waals surface area contributed by atoms with Crippen LogP contribution in [-0.2, 0) is 24.3 Å². The fourth-order valence-corrected chi connectivity index (χ4v) is 2.73. The minimum Gasteiger partial charge on any atom is -0.478 e. The summed E-state index contributed by atoms with van der Waals surface area (Å²) < 4.78 is 14.0. The molecule has 2 aromatic rings. The predicted octanol–water partition coefficient (Wildman–Crippen LogP) is 1.47. The van der Waals surface area contributed by atoms with E-state index in [9.17, 15) is 9.00 Å². The first-order valence-corrected chi connectivity index (χ1v) is 7.08. The van der Waals surface area contributed by atoms with Crippen LogP contribution in [0.5, 0.6) is 0 Å². The Morgan fingerprint density at radius 1 is 1.37 bits per heavy atom. The van der Waals surface area contributed by atoms with Crippen LogP contribution in [0.1, 0.15) is 16.2 Å².